The second-order valence-corrected chi connectivity index (χ2v) is 5.05. The number of hydrogen-bond acceptors (Lipinski definition) is 4. The van der Waals surface area contributed by atoms with E-state index >= 15 is 0 Å². The molecule has 0 fully saturated rings. The average Bonchev–Trinajstić information content (AvgIpc) is 2.41. The summed E-state index contributed by atoms with van der Waals surface area (Å²) in [6.07, 6.45) is 0. The van der Waals surface area contributed by atoms with E-state index in [4.69, 9.17) is 9.88 Å². The molecule has 0 aromatic carbocycles. The van der Waals surface area contributed by atoms with Crippen molar-refractivity contribution < 1.29 is 13.2 Å². The Morgan fingerprint density at radius 1 is 1.47 bits per heavy atom. The van der Waals surface area contributed by atoms with Crippen LogP contribution in [0.5, 0.6) is 5.88 Å². The van der Waals surface area contributed by atoms with E-state index in [0.717, 1.165) is 0 Å². The van der Waals surface area contributed by atoms with Crippen molar-refractivity contribution in [2.24, 2.45) is 12.2 Å². The largest absolute Gasteiger partial charge is 0.480 e. The van der Waals surface area contributed by atoms with E-state index in [2.05, 4.69) is 5.10 Å². The molecule has 1 heterocycles. The van der Waals surface area contributed by atoms with Crippen molar-refractivity contribution in [1.82, 2.24) is 9.78 Å². The summed E-state index contributed by atoms with van der Waals surface area (Å²) < 4.78 is 29.1. The normalized spacial score (nSPS) is 12.1. The third-order valence-electron chi connectivity index (χ3n) is 2.00. The van der Waals surface area contributed by atoms with Gasteiger partial charge < -0.3 is 4.74 Å². The number of nitrogens with two attached hydrogens (primary N) is 1. The maximum atomic E-state index is 11.4. The molecule has 0 aliphatic heterocycles. The Labute approximate surface area is 89.1 Å². The van der Waals surface area contributed by atoms with Gasteiger partial charge in [0.1, 0.15) is 0 Å². The first-order valence-electron chi connectivity index (χ1n) is 4.42. The van der Waals surface area contributed by atoms with Crippen molar-refractivity contribution in [1.29, 1.82) is 0 Å². The number of methoxy groups -OCH3 is 1. The smallest absolute Gasteiger partial charge is 0.245 e. The summed E-state index contributed by atoms with van der Waals surface area (Å²) in [6, 6.07) is 0. The van der Waals surface area contributed by atoms with Gasteiger partial charge in [-0.1, -0.05) is 13.8 Å². The molecule has 1 aromatic heterocycles. The Hall–Kier alpha value is -1.08. The molecule has 0 aliphatic carbocycles. The monoisotopic (exact) mass is 233 g/mol. The van der Waals surface area contributed by atoms with Crippen LogP contribution in [0.2, 0.25) is 0 Å². The highest BCUT2D eigenvalue weighted by Crippen LogP contribution is 2.30. The summed E-state index contributed by atoms with van der Waals surface area (Å²) in [5.41, 5.74) is 0.428. The molecule has 0 saturated carbocycles. The van der Waals surface area contributed by atoms with Gasteiger partial charge in [0, 0.05) is 7.05 Å². The summed E-state index contributed by atoms with van der Waals surface area (Å²) in [5, 5.41) is 9.20. The minimum Gasteiger partial charge on any atom is -0.480 e. The quantitative estimate of drug-likeness (QED) is 0.807. The van der Waals surface area contributed by atoms with Crippen molar-refractivity contribution in [3.8, 4) is 5.88 Å². The van der Waals surface area contributed by atoms with Gasteiger partial charge in [-0.15, -0.1) is 0 Å². The number of primary sulfonamides is 1. The molecule has 0 amide bonds. The SMILES string of the molecule is COc1c(S(N)(=O)=O)c(C(C)C)nn1C. The summed E-state index contributed by atoms with van der Waals surface area (Å²) in [6.45, 7) is 3.69. The third kappa shape index (κ3) is 2.13. The van der Waals surface area contributed by atoms with Crippen molar-refractivity contribution in [2.45, 2.75) is 24.7 Å². The van der Waals surface area contributed by atoms with Crippen molar-refractivity contribution in [2.75, 3.05) is 7.11 Å². The first-order chi connectivity index (χ1) is 6.79. The maximum absolute atomic E-state index is 11.4. The highest BCUT2D eigenvalue weighted by molar-refractivity contribution is 7.89. The molecule has 0 unspecified atom stereocenters. The van der Waals surface area contributed by atoms with Gasteiger partial charge in [-0.3, -0.25) is 0 Å². The van der Waals surface area contributed by atoms with Gasteiger partial charge in [0.2, 0.25) is 15.9 Å². The highest BCUT2D eigenvalue weighted by Gasteiger charge is 2.27. The highest BCUT2D eigenvalue weighted by atomic mass is 32.2. The fourth-order valence-corrected chi connectivity index (χ4v) is 2.41. The first kappa shape index (κ1) is 12.0. The molecule has 0 bridgehead atoms. The Morgan fingerprint density at radius 2 is 2.00 bits per heavy atom. The first-order valence-corrected chi connectivity index (χ1v) is 5.97. The molecule has 2 N–H and O–H groups in total. The number of aryl methyl sites for hydroxylation is 1. The topological polar surface area (TPSA) is 87.2 Å². The molecule has 1 aromatic rings. The fraction of sp³-hybridized carbons (Fsp3) is 0.625. The lowest BCUT2D eigenvalue weighted by Gasteiger charge is -2.04. The van der Waals surface area contributed by atoms with E-state index in [1.807, 2.05) is 13.8 Å². The van der Waals surface area contributed by atoms with Gasteiger partial charge >= 0.3 is 0 Å². The molecule has 15 heavy (non-hydrogen) atoms. The predicted molar refractivity (Wildman–Crippen MR) is 55.2 cm³/mol. The zero-order valence-corrected chi connectivity index (χ0v) is 10.00. The predicted octanol–water partition coefficient (Wildman–Crippen LogP) is 0.199. The summed E-state index contributed by atoms with van der Waals surface area (Å²) in [7, 11) is -0.814. The van der Waals surface area contributed by atoms with E-state index in [9.17, 15) is 8.42 Å². The number of hydrogen-bond donors (Lipinski definition) is 1. The minimum absolute atomic E-state index is 0.0255. The lowest BCUT2D eigenvalue weighted by Crippen LogP contribution is -2.15. The molecular formula is C8H15N3O3S. The zero-order chi connectivity index (χ0) is 11.8. The summed E-state index contributed by atoms with van der Waals surface area (Å²) in [5.74, 6) is 0.134. The Balaban J connectivity index is 3.57. The van der Waals surface area contributed by atoms with Crippen LogP contribution >= 0.6 is 0 Å². The van der Waals surface area contributed by atoms with Gasteiger partial charge in [0.15, 0.2) is 4.90 Å². The molecule has 0 spiro atoms. The molecular weight excluding hydrogens is 218 g/mol. The van der Waals surface area contributed by atoms with Crippen LogP contribution in [-0.4, -0.2) is 25.3 Å². The second kappa shape index (κ2) is 3.82. The van der Waals surface area contributed by atoms with Crippen LogP contribution in [0, 0.1) is 0 Å². The molecule has 0 radical (unpaired) electrons. The Bertz CT molecular complexity index is 462. The van der Waals surface area contributed by atoms with E-state index in [1.54, 1.807) is 7.05 Å². The summed E-state index contributed by atoms with van der Waals surface area (Å²) in [4.78, 5) is -0.0255. The van der Waals surface area contributed by atoms with E-state index < -0.39 is 10.0 Å². The standard InChI is InChI=1S/C8H15N3O3S/c1-5(2)6-7(15(9,12)13)8(14-4)11(3)10-6/h5H,1-4H3,(H2,9,12,13). The van der Waals surface area contributed by atoms with Crippen LogP contribution in [0.3, 0.4) is 0 Å². The fourth-order valence-electron chi connectivity index (χ4n) is 1.38. The second-order valence-electron chi connectivity index (χ2n) is 3.55. The Kier molecular flexibility index (Phi) is 3.05. The molecule has 6 nitrogen and oxygen atoms in total. The van der Waals surface area contributed by atoms with E-state index in [1.165, 1.54) is 11.8 Å². The number of aromatic nitrogens is 2. The van der Waals surface area contributed by atoms with Crippen LogP contribution < -0.4 is 9.88 Å². The Morgan fingerprint density at radius 3 is 2.33 bits per heavy atom. The average molecular weight is 233 g/mol. The van der Waals surface area contributed by atoms with Crippen molar-refractivity contribution in [3.63, 3.8) is 0 Å². The van der Waals surface area contributed by atoms with Gasteiger partial charge in [-0.2, -0.15) is 5.10 Å². The summed E-state index contributed by atoms with van der Waals surface area (Å²) >= 11 is 0. The number of rotatable bonds is 3. The number of nitrogens with zero attached hydrogens (tertiary/aromatic N) is 2. The van der Waals surface area contributed by atoms with Crippen molar-refractivity contribution in [3.05, 3.63) is 5.69 Å². The lowest BCUT2D eigenvalue weighted by molar-refractivity contribution is 0.363. The number of ether oxygens (including phenoxy) is 1. The van der Waals surface area contributed by atoms with Crippen LogP contribution in [-0.2, 0) is 17.1 Å². The maximum Gasteiger partial charge on any atom is 0.245 e. The van der Waals surface area contributed by atoms with Crippen LogP contribution in [0.1, 0.15) is 25.5 Å². The van der Waals surface area contributed by atoms with Crippen LogP contribution in [0.15, 0.2) is 4.90 Å². The van der Waals surface area contributed by atoms with Gasteiger partial charge in [-0.05, 0) is 5.92 Å². The van der Waals surface area contributed by atoms with E-state index in [-0.39, 0.29) is 16.7 Å². The molecule has 1 rings (SSSR count). The third-order valence-corrected chi connectivity index (χ3v) is 2.96. The van der Waals surface area contributed by atoms with Crippen LogP contribution in [0.4, 0.5) is 0 Å². The van der Waals surface area contributed by atoms with Gasteiger partial charge in [-0.25, -0.2) is 18.2 Å². The van der Waals surface area contributed by atoms with Gasteiger partial charge in [0.25, 0.3) is 0 Å². The van der Waals surface area contributed by atoms with Crippen molar-refractivity contribution >= 4 is 10.0 Å². The van der Waals surface area contributed by atoms with Gasteiger partial charge in [0.05, 0.1) is 12.8 Å². The molecule has 0 aliphatic rings. The van der Waals surface area contributed by atoms with E-state index in [0.29, 0.717) is 5.69 Å². The minimum atomic E-state index is -3.81. The molecule has 86 valence electrons. The zero-order valence-electron chi connectivity index (χ0n) is 9.18. The number of sulfonamides is 1. The molecule has 0 atom stereocenters. The molecule has 7 heteroatoms. The molecule has 0 saturated heterocycles. The lowest BCUT2D eigenvalue weighted by atomic mass is 10.1. The van der Waals surface area contributed by atoms with Crippen LogP contribution in [0.25, 0.3) is 0 Å².